The number of nitrogens with zero attached hydrogens (tertiary/aromatic N) is 1. The molecule has 3 nitrogen and oxygen atoms in total. The maximum atomic E-state index is 12.9. The van der Waals surface area contributed by atoms with Crippen LogP contribution in [0.4, 0.5) is 0 Å². The van der Waals surface area contributed by atoms with Crippen molar-refractivity contribution in [3.8, 4) is 11.1 Å². The van der Waals surface area contributed by atoms with Gasteiger partial charge in [0, 0.05) is 16.6 Å². The maximum Gasteiger partial charge on any atom is 0.268 e. The van der Waals surface area contributed by atoms with Gasteiger partial charge in [-0.05, 0) is 53.6 Å². The molecule has 0 radical (unpaired) electrons. The van der Waals surface area contributed by atoms with E-state index in [0.717, 1.165) is 16.5 Å². The van der Waals surface area contributed by atoms with Gasteiger partial charge in [-0.25, -0.2) is 12.4 Å². The van der Waals surface area contributed by atoms with Crippen molar-refractivity contribution in [3.63, 3.8) is 0 Å². The lowest BCUT2D eigenvalue weighted by Gasteiger charge is -2.08. The monoisotopic (exact) mass is 367 g/mol. The van der Waals surface area contributed by atoms with Crippen molar-refractivity contribution in [2.24, 2.45) is 0 Å². The van der Waals surface area contributed by atoms with E-state index in [0.29, 0.717) is 10.5 Å². The molecule has 5 heteroatoms. The number of hydrogen-bond acceptors (Lipinski definition) is 2. The summed E-state index contributed by atoms with van der Waals surface area (Å²) >= 11 is 6.06. The maximum absolute atomic E-state index is 12.9. The van der Waals surface area contributed by atoms with Crippen LogP contribution in [0.5, 0.6) is 0 Å². The molecule has 4 rings (SSSR count). The van der Waals surface area contributed by atoms with Crippen molar-refractivity contribution in [2.45, 2.75) is 4.90 Å². The Morgan fingerprint density at radius 2 is 1.52 bits per heavy atom. The molecule has 4 aromatic rings. The van der Waals surface area contributed by atoms with Crippen LogP contribution in [0.1, 0.15) is 0 Å². The van der Waals surface area contributed by atoms with Gasteiger partial charge in [-0.2, -0.15) is 0 Å². The van der Waals surface area contributed by atoms with Gasteiger partial charge in [-0.3, -0.25) is 0 Å². The van der Waals surface area contributed by atoms with Crippen LogP contribution in [-0.2, 0) is 10.0 Å². The highest BCUT2D eigenvalue weighted by atomic mass is 35.5. The fourth-order valence-corrected chi connectivity index (χ4v) is 4.45. The minimum atomic E-state index is -3.61. The van der Waals surface area contributed by atoms with E-state index in [9.17, 15) is 8.42 Å². The summed E-state index contributed by atoms with van der Waals surface area (Å²) < 4.78 is 27.0. The van der Waals surface area contributed by atoms with Gasteiger partial charge in [0.05, 0.1) is 10.4 Å². The first-order valence-corrected chi connectivity index (χ1v) is 9.55. The second-order valence-electron chi connectivity index (χ2n) is 5.71. The van der Waals surface area contributed by atoms with E-state index in [1.165, 1.54) is 3.97 Å². The first kappa shape index (κ1) is 15.9. The molecule has 0 aliphatic carbocycles. The van der Waals surface area contributed by atoms with Crippen molar-refractivity contribution in [1.82, 2.24) is 3.97 Å². The molecule has 0 atom stereocenters. The van der Waals surface area contributed by atoms with Crippen LogP contribution in [-0.4, -0.2) is 12.4 Å². The molecule has 0 aliphatic rings. The predicted octanol–water partition coefficient (Wildman–Crippen LogP) is 5.20. The Morgan fingerprint density at radius 3 is 2.28 bits per heavy atom. The lowest BCUT2D eigenvalue weighted by molar-refractivity contribution is 0.589. The SMILES string of the molecule is O=S(=O)(c1ccccc1)n1ccc2cc(-c3cccc(Cl)c3)ccc21. The Hall–Kier alpha value is -2.56. The molecule has 0 saturated carbocycles. The number of hydrogen-bond donors (Lipinski definition) is 0. The third-order valence-corrected chi connectivity index (χ3v) is 6.05. The van der Waals surface area contributed by atoms with Gasteiger partial charge in [-0.15, -0.1) is 0 Å². The zero-order valence-electron chi connectivity index (χ0n) is 13.1. The summed E-state index contributed by atoms with van der Waals surface area (Å²) in [5, 5.41) is 1.53. The lowest BCUT2D eigenvalue weighted by Crippen LogP contribution is -2.11. The summed E-state index contributed by atoms with van der Waals surface area (Å²) in [5.41, 5.74) is 2.63. The zero-order chi connectivity index (χ0) is 17.4. The second-order valence-corrected chi connectivity index (χ2v) is 7.96. The Balaban J connectivity index is 1.84. The number of rotatable bonds is 3. The Morgan fingerprint density at radius 1 is 0.760 bits per heavy atom. The summed E-state index contributed by atoms with van der Waals surface area (Å²) in [6, 6.07) is 23.5. The number of halogens is 1. The third-order valence-electron chi connectivity index (χ3n) is 4.11. The van der Waals surface area contributed by atoms with Crippen molar-refractivity contribution in [1.29, 1.82) is 0 Å². The van der Waals surface area contributed by atoms with Gasteiger partial charge in [0.15, 0.2) is 0 Å². The molecular weight excluding hydrogens is 354 g/mol. The van der Waals surface area contributed by atoms with Crippen LogP contribution in [0.15, 0.2) is 90.0 Å². The first-order valence-electron chi connectivity index (χ1n) is 7.73. The van der Waals surface area contributed by atoms with Crippen LogP contribution in [0.2, 0.25) is 5.02 Å². The Labute approximate surface area is 151 Å². The molecule has 0 aliphatic heterocycles. The lowest BCUT2D eigenvalue weighted by atomic mass is 10.0. The van der Waals surface area contributed by atoms with Crippen LogP contribution < -0.4 is 0 Å². The third kappa shape index (κ3) is 2.84. The largest absolute Gasteiger partial charge is 0.268 e. The highest BCUT2D eigenvalue weighted by Gasteiger charge is 2.18. The van der Waals surface area contributed by atoms with Crippen LogP contribution >= 0.6 is 11.6 Å². The molecule has 0 amide bonds. The number of fused-ring (bicyclic) bond motifs is 1. The standard InChI is InChI=1S/C20H14ClNO2S/c21-18-6-4-5-15(14-18)16-9-10-20-17(13-16)11-12-22(20)25(23,24)19-7-2-1-3-8-19/h1-14H. The van der Waals surface area contributed by atoms with Crippen LogP contribution in [0.25, 0.3) is 22.0 Å². The summed E-state index contributed by atoms with van der Waals surface area (Å²) in [7, 11) is -3.61. The molecule has 1 aromatic heterocycles. The zero-order valence-corrected chi connectivity index (χ0v) is 14.7. The fourth-order valence-electron chi connectivity index (χ4n) is 2.88. The molecule has 3 aromatic carbocycles. The summed E-state index contributed by atoms with van der Waals surface area (Å²) in [5.74, 6) is 0. The molecule has 1 heterocycles. The molecule has 0 spiro atoms. The summed E-state index contributed by atoms with van der Waals surface area (Å²) in [6.07, 6.45) is 1.59. The van der Waals surface area contributed by atoms with Crippen molar-refractivity contribution < 1.29 is 8.42 Å². The smallest absolute Gasteiger partial charge is 0.241 e. The van der Waals surface area contributed by atoms with Gasteiger partial charge < -0.3 is 0 Å². The number of benzene rings is 3. The van der Waals surface area contributed by atoms with E-state index in [1.807, 2.05) is 48.5 Å². The van der Waals surface area contributed by atoms with E-state index >= 15 is 0 Å². The molecule has 25 heavy (non-hydrogen) atoms. The first-order chi connectivity index (χ1) is 12.1. The van der Waals surface area contributed by atoms with E-state index < -0.39 is 10.0 Å². The van der Waals surface area contributed by atoms with Crippen LogP contribution in [0, 0.1) is 0 Å². The predicted molar refractivity (Wildman–Crippen MR) is 101 cm³/mol. The Kier molecular flexibility index (Phi) is 3.86. The minimum absolute atomic E-state index is 0.270. The molecular formula is C20H14ClNO2S. The highest BCUT2D eigenvalue weighted by molar-refractivity contribution is 7.90. The normalized spacial score (nSPS) is 11.7. The summed E-state index contributed by atoms with van der Waals surface area (Å²) in [6.45, 7) is 0. The molecule has 124 valence electrons. The van der Waals surface area contributed by atoms with Crippen LogP contribution in [0.3, 0.4) is 0 Å². The van der Waals surface area contributed by atoms with Crippen molar-refractivity contribution in [3.05, 3.63) is 90.1 Å². The average Bonchev–Trinajstić information content (AvgIpc) is 3.06. The quantitative estimate of drug-likeness (QED) is 0.499. The van der Waals surface area contributed by atoms with Gasteiger partial charge in [-0.1, -0.05) is 48.0 Å². The number of aromatic nitrogens is 1. The topological polar surface area (TPSA) is 39.1 Å². The molecule has 0 fully saturated rings. The van der Waals surface area contributed by atoms with Gasteiger partial charge >= 0.3 is 0 Å². The molecule has 0 N–H and O–H groups in total. The fraction of sp³-hybridized carbons (Fsp3) is 0. The van der Waals surface area contributed by atoms with E-state index in [2.05, 4.69) is 0 Å². The van der Waals surface area contributed by atoms with Gasteiger partial charge in [0.1, 0.15) is 0 Å². The van der Waals surface area contributed by atoms with Gasteiger partial charge in [0.2, 0.25) is 0 Å². The molecule has 0 unspecified atom stereocenters. The average molecular weight is 368 g/mol. The van der Waals surface area contributed by atoms with E-state index in [1.54, 1.807) is 36.5 Å². The van der Waals surface area contributed by atoms with Gasteiger partial charge in [0.25, 0.3) is 10.0 Å². The summed E-state index contributed by atoms with van der Waals surface area (Å²) in [4.78, 5) is 0.270. The molecule has 0 saturated heterocycles. The van der Waals surface area contributed by atoms with Crippen molar-refractivity contribution >= 4 is 32.5 Å². The highest BCUT2D eigenvalue weighted by Crippen LogP contribution is 2.28. The van der Waals surface area contributed by atoms with E-state index in [4.69, 9.17) is 11.6 Å². The minimum Gasteiger partial charge on any atom is -0.241 e. The second kappa shape index (κ2) is 6.06. The van der Waals surface area contributed by atoms with E-state index in [-0.39, 0.29) is 4.90 Å². The Bertz CT molecular complexity index is 1160. The molecule has 0 bridgehead atoms. The van der Waals surface area contributed by atoms with Crippen molar-refractivity contribution in [2.75, 3.05) is 0 Å².